The number of benzene rings is 1. The lowest BCUT2D eigenvalue weighted by Crippen LogP contribution is -2.21. The molecule has 2 aromatic rings. The first-order chi connectivity index (χ1) is 6.20. The first-order valence-electron chi connectivity index (χ1n) is 3.88. The normalized spacial score (nSPS) is 10.5. The fourth-order valence-electron chi connectivity index (χ4n) is 1.23. The van der Waals surface area contributed by atoms with Crippen molar-refractivity contribution in [3.63, 3.8) is 0 Å². The zero-order valence-corrected chi connectivity index (χ0v) is 7.06. The molecule has 0 aliphatic heterocycles. The minimum absolute atomic E-state index is 0.295. The standard InChI is InChI=1S/C9H8N2O2/c1-6-10-8-5-3-2-4-7(8)9(12)11(6)13/h2-5,13H,1H3. The van der Waals surface area contributed by atoms with Gasteiger partial charge >= 0.3 is 0 Å². The Kier molecular flexibility index (Phi) is 1.55. The second kappa shape index (κ2) is 2.58. The van der Waals surface area contributed by atoms with E-state index in [1.54, 1.807) is 31.2 Å². The van der Waals surface area contributed by atoms with E-state index in [-0.39, 0.29) is 0 Å². The van der Waals surface area contributed by atoms with Crippen molar-refractivity contribution in [3.8, 4) is 0 Å². The highest BCUT2D eigenvalue weighted by molar-refractivity contribution is 5.77. The van der Waals surface area contributed by atoms with Gasteiger partial charge < -0.3 is 5.21 Å². The van der Waals surface area contributed by atoms with Crippen molar-refractivity contribution in [1.82, 2.24) is 9.71 Å². The summed E-state index contributed by atoms with van der Waals surface area (Å²) in [5.74, 6) is 0.295. The van der Waals surface area contributed by atoms with Gasteiger partial charge in [-0.25, -0.2) is 4.98 Å². The van der Waals surface area contributed by atoms with E-state index in [2.05, 4.69) is 4.98 Å². The summed E-state index contributed by atoms with van der Waals surface area (Å²) in [5.41, 5.74) is 0.179. The average molecular weight is 176 g/mol. The molecule has 1 heterocycles. The van der Waals surface area contributed by atoms with E-state index in [9.17, 15) is 10.0 Å². The molecule has 0 aliphatic carbocycles. The molecule has 0 unspecified atom stereocenters. The summed E-state index contributed by atoms with van der Waals surface area (Å²) >= 11 is 0. The SMILES string of the molecule is Cc1nc2ccccc2c(=O)n1O. The van der Waals surface area contributed by atoms with Crippen LogP contribution in [0.5, 0.6) is 0 Å². The van der Waals surface area contributed by atoms with Crippen molar-refractivity contribution in [1.29, 1.82) is 0 Å². The van der Waals surface area contributed by atoms with E-state index >= 15 is 0 Å². The maximum atomic E-state index is 11.4. The maximum absolute atomic E-state index is 11.4. The molecular weight excluding hydrogens is 168 g/mol. The number of hydrogen-bond acceptors (Lipinski definition) is 3. The van der Waals surface area contributed by atoms with Crippen LogP contribution in [0.4, 0.5) is 0 Å². The number of para-hydroxylation sites is 1. The van der Waals surface area contributed by atoms with Crippen LogP contribution in [0, 0.1) is 6.92 Å². The first-order valence-corrected chi connectivity index (χ1v) is 3.88. The third-order valence-electron chi connectivity index (χ3n) is 1.92. The Hall–Kier alpha value is -1.84. The second-order valence-electron chi connectivity index (χ2n) is 2.79. The molecular formula is C9H8N2O2. The zero-order chi connectivity index (χ0) is 9.42. The zero-order valence-electron chi connectivity index (χ0n) is 7.06. The van der Waals surface area contributed by atoms with Gasteiger partial charge in [-0.1, -0.05) is 12.1 Å². The van der Waals surface area contributed by atoms with Gasteiger partial charge in [-0.15, -0.1) is 4.73 Å². The molecule has 13 heavy (non-hydrogen) atoms. The van der Waals surface area contributed by atoms with Crippen LogP contribution in [-0.2, 0) is 0 Å². The molecule has 0 aliphatic rings. The van der Waals surface area contributed by atoms with Crippen molar-refractivity contribution < 1.29 is 5.21 Å². The van der Waals surface area contributed by atoms with E-state index in [1.165, 1.54) is 0 Å². The largest absolute Gasteiger partial charge is 0.424 e. The van der Waals surface area contributed by atoms with E-state index in [0.29, 0.717) is 21.5 Å². The van der Waals surface area contributed by atoms with Gasteiger partial charge in [0, 0.05) is 0 Å². The third kappa shape index (κ3) is 1.07. The first kappa shape index (κ1) is 7.79. The van der Waals surface area contributed by atoms with Crippen molar-refractivity contribution in [2.75, 3.05) is 0 Å². The number of fused-ring (bicyclic) bond motifs is 1. The molecule has 1 aromatic carbocycles. The molecule has 0 saturated carbocycles. The van der Waals surface area contributed by atoms with Crippen molar-refractivity contribution >= 4 is 10.9 Å². The summed E-state index contributed by atoms with van der Waals surface area (Å²) in [6.07, 6.45) is 0. The van der Waals surface area contributed by atoms with Crippen LogP contribution < -0.4 is 5.56 Å². The highest BCUT2D eigenvalue weighted by Crippen LogP contribution is 2.05. The molecule has 1 N–H and O–H groups in total. The Bertz CT molecular complexity index is 516. The van der Waals surface area contributed by atoms with E-state index in [1.807, 2.05) is 0 Å². The van der Waals surface area contributed by atoms with Crippen LogP contribution in [0.15, 0.2) is 29.1 Å². The predicted molar refractivity (Wildman–Crippen MR) is 47.9 cm³/mol. The summed E-state index contributed by atoms with van der Waals surface area (Å²) in [6, 6.07) is 6.91. The lowest BCUT2D eigenvalue weighted by atomic mass is 10.2. The highest BCUT2D eigenvalue weighted by atomic mass is 16.5. The maximum Gasteiger partial charge on any atom is 0.293 e. The van der Waals surface area contributed by atoms with Gasteiger partial charge in [-0.3, -0.25) is 4.79 Å². The molecule has 2 rings (SSSR count). The molecule has 4 nitrogen and oxygen atoms in total. The van der Waals surface area contributed by atoms with Gasteiger partial charge in [-0.05, 0) is 19.1 Å². The van der Waals surface area contributed by atoms with Gasteiger partial charge in [0.2, 0.25) is 0 Å². The molecule has 0 radical (unpaired) electrons. The van der Waals surface area contributed by atoms with E-state index < -0.39 is 5.56 Å². The van der Waals surface area contributed by atoms with Crippen LogP contribution in [0.25, 0.3) is 10.9 Å². The summed E-state index contributed by atoms with van der Waals surface area (Å²) in [5, 5.41) is 9.67. The van der Waals surface area contributed by atoms with E-state index in [4.69, 9.17) is 0 Å². The molecule has 66 valence electrons. The Morgan fingerprint density at radius 2 is 2.08 bits per heavy atom. The Balaban J connectivity index is 3.03. The van der Waals surface area contributed by atoms with Gasteiger partial charge in [-0.2, -0.15) is 0 Å². The fourth-order valence-corrected chi connectivity index (χ4v) is 1.23. The molecule has 0 atom stereocenters. The predicted octanol–water partition coefficient (Wildman–Crippen LogP) is 0.942. The van der Waals surface area contributed by atoms with Crippen LogP contribution >= 0.6 is 0 Å². The lowest BCUT2D eigenvalue weighted by Gasteiger charge is -2.02. The smallest absolute Gasteiger partial charge is 0.293 e. The monoisotopic (exact) mass is 176 g/mol. The summed E-state index contributed by atoms with van der Waals surface area (Å²) in [7, 11) is 0. The lowest BCUT2D eigenvalue weighted by molar-refractivity contribution is 0.166. The van der Waals surface area contributed by atoms with Crippen LogP contribution in [0.2, 0.25) is 0 Å². The third-order valence-corrected chi connectivity index (χ3v) is 1.92. The quantitative estimate of drug-likeness (QED) is 0.608. The number of aryl methyl sites for hydroxylation is 1. The molecule has 0 fully saturated rings. The second-order valence-corrected chi connectivity index (χ2v) is 2.79. The Morgan fingerprint density at radius 3 is 2.85 bits per heavy atom. The number of aromatic nitrogens is 2. The van der Waals surface area contributed by atoms with Crippen LogP contribution in [-0.4, -0.2) is 14.9 Å². The van der Waals surface area contributed by atoms with Crippen molar-refractivity contribution in [3.05, 3.63) is 40.4 Å². The summed E-state index contributed by atoms with van der Waals surface area (Å²) in [4.78, 5) is 15.5. The minimum atomic E-state index is -0.428. The molecule has 0 amide bonds. The summed E-state index contributed by atoms with van der Waals surface area (Å²) in [6.45, 7) is 1.58. The van der Waals surface area contributed by atoms with Crippen molar-refractivity contribution in [2.24, 2.45) is 0 Å². The van der Waals surface area contributed by atoms with Gasteiger partial charge in [0.1, 0.15) is 5.82 Å². The summed E-state index contributed by atoms with van der Waals surface area (Å²) < 4.78 is 0.558. The van der Waals surface area contributed by atoms with Crippen molar-refractivity contribution in [2.45, 2.75) is 6.92 Å². The molecule has 0 bridgehead atoms. The number of rotatable bonds is 0. The minimum Gasteiger partial charge on any atom is -0.424 e. The Morgan fingerprint density at radius 1 is 1.38 bits per heavy atom. The fraction of sp³-hybridized carbons (Fsp3) is 0.111. The topological polar surface area (TPSA) is 55.1 Å². The van der Waals surface area contributed by atoms with E-state index in [0.717, 1.165) is 0 Å². The average Bonchev–Trinajstić information content (AvgIpc) is 2.15. The Labute approximate surface area is 74.0 Å². The molecule has 0 spiro atoms. The van der Waals surface area contributed by atoms with Crippen LogP contribution in [0.3, 0.4) is 0 Å². The molecule has 0 saturated heterocycles. The van der Waals surface area contributed by atoms with Gasteiger partial charge in [0.25, 0.3) is 5.56 Å². The van der Waals surface area contributed by atoms with Gasteiger partial charge in [0.15, 0.2) is 0 Å². The van der Waals surface area contributed by atoms with Crippen LogP contribution in [0.1, 0.15) is 5.82 Å². The molecule has 1 aromatic heterocycles. The number of nitrogens with zero attached hydrogens (tertiary/aromatic N) is 2. The number of hydrogen-bond donors (Lipinski definition) is 1. The highest BCUT2D eigenvalue weighted by Gasteiger charge is 2.04. The molecule has 4 heteroatoms. The van der Waals surface area contributed by atoms with Gasteiger partial charge in [0.05, 0.1) is 10.9 Å².